The van der Waals surface area contributed by atoms with E-state index in [0.29, 0.717) is 13.0 Å². The maximum atomic E-state index is 12.6. The van der Waals surface area contributed by atoms with Gasteiger partial charge < -0.3 is 10.7 Å². The van der Waals surface area contributed by atoms with Gasteiger partial charge in [0, 0.05) is 24.4 Å². The normalized spacial score (nSPS) is 11.4. The summed E-state index contributed by atoms with van der Waals surface area (Å²) in [7, 11) is 0. The van der Waals surface area contributed by atoms with Gasteiger partial charge in [-0.05, 0) is 0 Å². The van der Waals surface area contributed by atoms with Crippen LogP contribution in [0.5, 0.6) is 0 Å². The van der Waals surface area contributed by atoms with Gasteiger partial charge in [0.1, 0.15) is 11.6 Å². The molecule has 20 heavy (non-hydrogen) atoms. The summed E-state index contributed by atoms with van der Waals surface area (Å²) < 4.78 is 37.8. The molecule has 0 atom stereocenters. The zero-order chi connectivity index (χ0) is 14.6. The minimum absolute atomic E-state index is 0.0514. The predicted octanol–water partition coefficient (Wildman–Crippen LogP) is 1.89. The molecule has 0 bridgehead atoms. The Morgan fingerprint density at radius 1 is 1.25 bits per heavy atom. The van der Waals surface area contributed by atoms with Crippen LogP contribution in [0, 0.1) is 0 Å². The molecule has 0 spiro atoms. The molecule has 0 aliphatic carbocycles. The fourth-order valence-corrected chi connectivity index (χ4v) is 2.01. The second-order valence-electron chi connectivity index (χ2n) is 3.76. The number of thiazole rings is 1. The van der Waals surface area contributed by atoms with Crippen LogP contribution in [0.3, 0.4) is 0 Å². The summed E-state index contributed by atoms with van der Waals surface area (Å²) in [6.07, 6.45) is -4.04. The molecule has 108 valence electrons. The van der Waals surface area contributed by atoms with Crippen molar-refractivity contribution in [3.05, 3.63) is 28.5 Å². The van der Waals surface area contributed by atoms with Gasteiger partial charge in [0.15, 0.2) is 0 Å². The third-order valence-electron chi connectivity index (χ3n) is 2.30. The highest BCUT2D eigenvalue weighted by molar-refractivity contribution is 7.07. The van der Waals surface area contributed by atoms with Crippen molar-refractivity contribution in [3.8, 4) is 0 Å². The predicted molar refractivity (Wildman–Crippen MR) is 69.2 cm³/mol. The third kappa shape index (κ3) is 3.78. The topological polar surface area (TPSA) is 88.8 Å². The van der Waals surface area contributed by atoms with Gasteiger partial charge in [-0.15, -0.1) is 11.3 Å². The first-order chi connectivity index (χ1) is 9.49. The van der Waals surface area contributed by atoms with E-state index in [-0.39, 0.29) is 11.6 Å². The Morgan fingerprint density at radius 3 is 2.60 bits per heavy atom. The first-order valence-corrected chi connectivity index (χ1v) is 6.47. The highest BCUT2D eigenvalue weighted by atomic mass is 32.1. The Bertz CT molecular complexity index is 557. The van der Waals surface area contributed by atoms with E-state index in [2.05, 4.69) is 25.7 Å². The van der Waals surface area contributed by atoms with Crippen LogP contribution in [-0.2, 0) is 12.6 Å². The van der Waals surface area contributed by atoms with Crippen LogP contribution < -0.4 is 16.6 Å². The van der Waals surface area contributed by atoms with Crippen molar-refractivity contribution >= 4 is 23.0 Å². The average molecular weight is 304 g/mol. The summed E-state index contributed by atoms with van der Waals surface area (Å²) in [6.45, 7) is 0.405. The van der Waals surface area contributed by atoms with Crippen LogP contribution in [0.15, 0.2) is 17.0 Å². The van der Waals surface area contributed by atoms with Crippen LogP contribution in [0.1, 0.15) is 11.5 Å². The van der Waals surface area contributed by atoms with Gasteiger partial charge in [0.05, 0.1) is 11.2 Å². The summed E-state index contributed by atoms with van der Waals surface area (Å²) in [5.74, 6) is 3.79. The molecule has 0 aliphatic heterocycles. The van der Waals surface area contributed by atoms with Crippen molar-refractivity contribution in [1.82, 2.24) is 15.0 Å². The lowest BCUT2D eigenvalue weighted by Gasteiger charge is -2.10. The fourth-order valence-electron chi connectivity index (χ4n) is 1.42. The Labute approximate surface area is 116 Å². The molecule has 10 heteroatoms. The van der Waals surface area contributed by atoms with Crippen molar-refractivity contribution in [2.45, 2.75) is 12.6 Å². The number of nitrogens with zero attached hydrogens (tertiary/aromatic N) is 3. The van der Waals surface area contributed by atoms with E-state index in [4.69, 9.17) is 5.84 Å². The lowest BCUT2D eigenvalue weighted by atomic mass is 10.3. The Balaban J connectivity index is 2.06. The lowest BCUT2D eigenvalue weighted by Crippen LogP contribution is -2.17. The van der Waals surface area contributed by atoms with Gasteiger partial charge in [0.25, 0.3) is 0 Å². The van der Waals surface area contributed by atoms with Gasteiger partial charge in [-0.1, -0.05) is 0 Å². The van der Waals surface area contributed by atoms with Crippen LogP contribution >= 0.6 is 11.3 Å². The van der Waals surface area contributed by atoms with Crippen LogP contribution in [-0.4, -0.2) is 21.5 Å². The molecule has 2 aromatic rings. The van der Waals surface area contributed by atoms with E-state index < -0.39 is 12.0 Å². The standard InChI is InChI=1S/C10H11F3N6S/c11-10(12,13)9-17-7(3-8(18-9)19-14)15-2-1-6-4-20-5-16-6/h3-5H,1-2,14H2,(H2,15,17,18,19). The third-order valence-corrected chi connectivity index (χ3v) is 2.93. The monoisotopic (exact) mass is 304 g/mol. The highest BCUT2D eigenvalue weighted by Gasteiger charge is 2.35. The largest absolute Gasteiger partial charge is 0.451 e. The Hall–Kier alpha value is -1.94. The van der Waals surface area contributed by atoms with Gasteiger partial charge in [0.2, 0.25) is 5.82 Å². The van der Waals surface area contributed by atoms with Crippen molar-refractivity contribution in [3.63, 3.8) is 0 Å². The van der Waals surface area contributed by atoms with Crippen LogP contribution in [0.4, 0.5) is 24.8 Å². The molecule has 6 nitrogen and oxygen atoms in total. The van der Waals surface area contributed by atoms with E-state index in [9.17, 15) is 13.2 Å². The van der Waals surface area contributed by atoms with E-state index in [1.54, 1.807) is 5.51 Å². The quantitative estimate of drug-likeness (QED) is 0.577. The summed E-state index contributed by atoms with van der Waals surface area (Å²) in [5.41, 5.74) is 4.64. The zero-order valence-corrected chi connectivity index (χ0v) is 10.9. The molecular formula is C10H11F3N6S. The second kappa shape index (κ2) is 6.01. The number of hydrogen-bond donors (Lipinski definition) is 3. The highest BCUT2D eigenvalue weighted by Crippen LogP contribution is 2.28. The van der Waals surface area contributed by atoms with Crippen molar-refractivity contribution in [1.29, 1.82) is 0 Å². The Kier molecular flexibility index (Phi) is 4.35. The molecule has 2 aromatic heterocycles. The van der Waals surface area contributed by atoms with E-state index in [1.807, 2.05) is 5.38 Å². The number of hydrogen-bond acceptors (Lipinski definition) is 7. The van der Waals surface area contributed by atoms with Crippen molar-refractivity contribution in [2.24, 2.45) is 5.84 Å². The molecule has 0 radical (unpaired) electrons. The van der Waals surface area contributed by atoms with Crippen LogP contribution in [0.25, 0.3) is 0 Å². The molecule has 0 aromatic carbocycles. The number of rotatable bonds is 5. The first kappa shape index (κ1) is 14.5. The van der Waals surface area contributed by atoms with Crippen LogP contribution in [0.2, 0.25) is 0 Å². The van der Waals surface area contributed by atoms with Crippen molar-refractivity contribution < 1.29 is 13.2 Å². The average Bonchev–Trinajstić information content (AvgIpc) is 2.90. The fraction of sp³-hybridized carbons (Fsp3) is 0.300. The van der Waals surface area contributed by atoms with Crippen molar-refractivity contribution in [2.75, 3.05) is 17.3 Å². The minimum Gasteiger partial charge on any atom is -0.370 e. The van der Waals surface area contributed by atoms with Gasteiger partial charge >= 0.3 is 6.18 Å². The Morgan fingerprint density at radius 2 is 2.00 bits per heavy atom. The summed E-state index contributed by atoms with van der Waals surface area (Å²) in [6, 6.07) is 1.30. The zero-order valence-electron chi connectivity index (χ0n) is 10.1. The van der Waals surface area contributed by atoms with Gasteiger partial charge in [-0.2, -0.15) is 13.2 Å². The molecule has 0 unspecified atom stereocenters. The summed E-state index contributed by atoms with van der Waals surface area (Å²) in [4.78, 5) is 10.7. The minimum atomic E-state index is -4.63. The number of anilines is 2. The van der Waals surface area contributed by atoms with E-state index in [0.717, 1.165) is 5.69 Å². The van der Waals surface area contributed by atoms with Gasteiger partial charge in [-0.25, -0.2) is 20.8 Å². The number of nitrogen functional groups attached to an aromatic ring is 1. The number of hydrazine groups is 1. The number of aromatic nitrogens is 3. The lowest BCUT2D eigenvalue weighted by molar-refractivity contribution is -0.144. The number of halogens is 3. The second-order valence-corrected chi connectivity index (χ2v) is 4.48. The van der Waals surface area contributed by atoms with E-state index >= 15 is 0 Å². The summed E-state index contributed by atoms with van der Waals surface area (Å²) >= 11 is 1.46. The molecule has 4 N–H and O–H groups in total. The molecule has 0 saturated carbocycles. The molecular weight excluding hydrogens is 293 g/mol. The first-order valence-electron chi connectivity index (χ1n) is 5.53. The molecule has 0 saturated heterocycles. The maximum Gasteiger partial charge on any atom is 0.451 e. The van der Waals surface area contributed by atoms with E-state index in [1.165, 1.54) is 17.4 Å². The summed E-state index contributed by atoms with van der Waals surface area (Å²) in [5, 5.41) is 4.66. The number of nitrogens with one attached hydrogen (secondary N) is 2. The molecule has 2 heterocycles. The van der Waals surface area contributed by atoms with Gasteiger partial charge in [-0.3, -0.25) is 0 Å². The molecule has 0 fully saturated rings. The number of alkyl halides is 3. The smallest absolute Gasteiger partial charge is 0.370 e. The number of nitrogens with two attached hydrogens (primary N) is 1. The molecule has 0 aliphatic rings. The molecule has 2 rings (SSSR count). The maximum absolute atomic E-state index is 12.6. The SMILES string of the molecule is NNc1cc(NCCc2cscn2)nc(C(F)(F)F)n1. The molecule has 0 amide bonds.